The molecule has 1 aromatic carbocycles. The molecule has 18 heavy (non-hydrogen) atoms. The zero-order valence-corrected chi connectivity index (χ0v) is 10.2. The molecule has 0 saturated heterocycles. The van der Waals surface area contributed by atoms with Gasteiger partial charge in [0.1, 0.15) is 0 Å². The number of carbonyl (C=O) groups is 1. The Morgan fingerprint density at radius 3 is 2.89 bits per heavy atom. The van der Waals surface area contributed by atoms with Gasteiger partial charge < -0.3 is 9.84 Å². The van der Waals surface area contributed by atoms with Crippen LogP contribution in [0.3, 0.4) is 0 Å². The van der Waals surface area contributed by atoms with Crippen LogP contribution >= 0.6 is 0 Å². The van der Waals surface area contributed by atoms with E-state index in [0.717, 1.165) is 22.7 Å². The van der Waals surface area contributed by atoms with Crippen molar-refractivity contribution in [1.29, 1.82) is 0 Å². The van der Waals surface area contributed by atoms with Crippen molar-refractivity contribution in [3.63, 3.8) is 0 Å². The van der Waals surface area contributed by atoms with E-state index in [4.69, 9.17) is 9.84 Å². The monoisotopic (exact) mass is 243 g/mol. The molecule has 0 amide bonds. The number of methoxy groups -OCH3 is 1. The number of carbonyl (C=O) groups excluding carboxylic acids is 1. The third kappa shape index (κ3) is 2.05. The Morgan fingerprint density at radius 2 is 2.22 bits per heavy atom. The van der Waals surface area contributed by atoms with Gasteiger partial charge in [-0.25, -0.2) is 9.78 Å². The number of hydrogen-bond donors (Lipinski definition) is 1. The van der Waals surface area contributed by atoms with Gasteiger partial charge in [-0.1, -0.05) is 18.2 Å². The van der Waals surface area contributed by atoms with Crippen molar-refractivity contribution in [3.05, 3.63) is 47.3 Å². The third-order valence-corrected chi connectivity index (χ3v) is 2.71. The second kappa shape index (κ2) is 4.87. The summed E-state index contributed by atoms with van der Waals surface area (Å²) in [7, 11) is 1.31. The molecule has 1 N–H and O–H groups in total. The molecule has 0 bridgehead atoms. The number of aliphatic hydroxyl groups is 1. The van der Waals surface area contributed by atoms with E-state index < -0.39 is 5.97 Å². The van der Waals surface area contributed by atoms with Gasteiger partial charge >= 0.3 is 5.97 Å². The Balaban J connectivity index is 2.76. The van der Waals surface area contributed by atoms with Crippen LogP contribution in [0.2, 0.25) is 0 Å². The maximum Gasteiger partial charge on any atom is 0.340 e. The molecule has 0 aliphatic rings. The number of aliphatic hydroxyl groups excluding tert-OH is 1. The molecule has 4 nitrogen and oxygen atoms in total. The minimum Gasteiger partial charge on any atom is -0.516 e. The SMILES string of the molecule is COC(=O)c1cc2cccc(C)c2nc1/C=C\O. The van der Waals surface area contributed by atoms with Gasteiger partial charge in [0, 0.05) is 5.39 Å². The lowest BCUT2D eigenvalue weighted by Gasteiger charge is -2.07. The summed E-state index contributed by atoms with van der Waals surface area (Å²) in [4.78, 5) is 16.0. The maximum atomic E-state index is 11.7. The molecule has 0 unspecified atom stereocenters. The summed E-state index contributed by atoms with van der Waals surface area (Å²) in [5, 5.41) is 9.73. The van der Waals surface area contributed by atoms with Crippen LogP contribution in [0.15, 0.2) is 30.5 Å². The van der Waals surface area contributed by atoms with Crippen LogP contribution in [0.1, 0.15) is 21.6 Å². The lowest BCUT2D eigenvalue weighted by atomic mass is 10.1. The summed E-state index contributed by atoms with van der Waals surface area (Å²) in [5.74, 6) is -0.473. The van der Waals surface area contributed by atoms with Crippen LogP contribution < -0.4 is 0 Å². The standard InChI is InChI=1S/C14H13NO3/c1-9-4-3-5-10-8-11(14(17)18-2)12(6-7-16)15-13(9)10/h3-8,16H,1-2H3/b7-6-. The van der Waals surface area contributed by atoms with E-state index in [1.165, 1.54) is 13.2 Å². The van der Waals surface area contributed by atoms with Crippen LogP contribution in [-0.2, 0) is 4.74 Å². The van der Waals surface area contributed by atoms with Gasteiger partial charge in [0.2, 0.25) is 0 Å². The van der Waals surface area contributed by atoms with Crippen molar-refractivity contribution in [2.24, 2.45) is 0 Å². The van der Waals surface area contributed by atoms with Gasteiger partial charge in [0.05, 0.1) is 30.1 Å². The quantitative estimate of drug-likeness (QED) is 0.650. The fourth-order valence-electron chi connectivity index (χ4n) is 1.83. The van der Waals surface area contributed by atoms with Gasteiger partial charge in [-0.3, -0.25) is 0 Å². The number of hydrogen-bond acceptors (Lipinski definition) is 4. The lowest BCUT2D eigenvalue weighted by molar-refractivity contribution is 0.0600. The van der Waals surface area contributed by atoms with Gasteiger partial charge in [0.15, 0.2) is 0 Å². The van der Waals surface area contributed by atoms with E-state index in [9.17, 15) is 4.79 Å². The molecular formula is C14H13NO3. The topological polar surface area (TPSA) is 59.4 Å². The molecule has 0 fully saturated rings. The number of ether oxygens (including phenoxy) is 1. The van der Waals surface area contributed by atoms with Crippen LogP contribution in [0.4, 0.5) is 0 Å². The average molecular weight is 243 g/mol. The largest absolute Gasteiger partial charge is 0.516 e. The summed E-state index contributed by atoms with van der Waals surface area (Å²) < 4.78 is 4.71. The van der Waals surface area contributed by atoms with Gasteiger partial charge in [0.25, 0.3) is 0 Å². The highest BCUT2D eigenvalue weighted by molar-refractivity contribution is 5.97. The number of rotatable bonds is 2. The molecule has 0 spiro atoms. The highest BCUT2D eigenvalue weighted by Crippen LogP contribution is 2.21. The number of aromatic nitrogens is 1. The van der Waals surface area contributed by atoms with Crippen molar-refractivity contribution < 1.29 is 14.6 Å². The highest BCUT2D eigenvalue weighted by Gasteiger charge is 2.13. The van der Waals surface area contributed by atoms with Crippen molar-refractivity contribution in [2.45, 2.75) is 6.92 Å². The number of aryl methyl sites for hydroxylation is 1. The summed E-state index contributed by atoms with van der Waals surface area (Å²) >= 11 is 0. The van der Waals surface area contributed by atoms with E-state index in [0.29, 0.717) is 11.3 Å². The fourth-order valence-corrected chi connectivity index (χ4v) is 1.83. The van der Waals surface area contributed by atoms with Crippen molar-refractivity contribution in [2.75, 3.05) is 7.11 Å². The number of pyridine rings is 1. The number of para-hydroxylation sites is 1. The predicted molar refractivity (Wildman–Crippen MR) is 69.5 cm³/mol. The molecule has 4 heteroatoms. The van der Waals surface area contributed by atoms with E-state index in [1.807, 2.05) is 25.1 Å². The van der Waals surface area contributed by atoms with Crippen LogP contribution in [-0.4, -0.2) is 23.2 Å². The minimum absolute atomic E-state index is 0.334. The van der Waals surface area contributed by atoms with Gasteiger partial charge in [-0.05, 0) is 24.6 Å². The minimum atomic E-state index is -0.473. The molecular weight excluding hydrogens is 230 g/mol. The summed E-state index contributed by atoms with van der Waals surface area (Å²) in [6, 6.07) is 7.45. The summed E-state index contributed by atoms with van der Waals surface area (Å²) in [5.41, 5.74) is 2.54. The zero-order chi connectivity index (χ0) is 13.1. The Kier molecular flexibility index (Phi) is 3.28. The number of esters is 1. The smallest absolute Gasteiger partial charge is 0.340 e. The van der Waals surface area contributed by atoms with Crippen LogP contribution in [0.25, 0.3) is 17.0 Å². The Hall–Kier alpha value is -2.36. The molecule has 0 radical (unpaired) electrons. The zero-order valence-electron chi connectivity index (χ0n) is 10.2. The van der Waals surface area contributed by atoms with Crippen molar-refractivity contribution in [1.82, 2.24) is 4.98 Å². The van der Waals surface area contributed by atoms with Crippen LogP contribution in [0, 0.1) is 6.92 Å². The first-order valence-electron chi connectivity index (χ1n) is 5.47. The molecule has 2 rings (SSSR count). The molecule has 1 aromatic heterocycles. The molecule has 0 aliphatic heterocycles. The van der Waals surface area contributed by atoms with Gasteiger partial charge in [-0.15, -0.1) is 0 Å². The Morgan fingerprint density at radius 1 is 1.44 bits per heavy atom. The van der Waals surface area contributed by atoms with E-state index in [2.05, 4.69) is 4.98 Å². The summed E-state index contributed by atoms with van der Waals surface area (Å²) in [6.45, 7) is 1.94. The Labute approximate surface area is 105 Å². The van der Waals surface area contributed by atoms with Crippen LogP contribution in [0.5, 0.6) is 0 Å². The molecule has 1 heterocycles. The van der Waals surface area contributed by atoms with E-state index >= 15 is 0 Å². The van der Waals surface area contributed by atoms with Crippen molar-refractivity contribution in [3.8, 4) is 0 Å². The predicted octanol–water partition coefficient (Wildman–Crippen LogP) is 2.86. The Bertz CT molecular complexity index is 632. The molecule has 0 saturated carbocycles. The highest BCUT2D eigenvalue weighted by atomic mass is 16.5. The first-order valence-corrected chi connectivity index (χ1v) is 5.47. The number of fused-ring (bicyclic) bond motifs is 1. The first kappa shape index (κ1) is 12.1. The molecule has 92 valence electrons. The maximum absolute atomic E-state index is 11.7. The molecule has 2 aromatic rings. The number of nitrogens with zero attached hydrogens (tertiary/aromatic N) is 1. The fraction of sp³-hybridized carbons (Fsp3) is 0.143. The normalized spacial score (nSPS) is 11.0. The lowest BCUT2D eigenvalue weighted by Crippen LogP contribution is -2.06. The molecule has 0 aliphatic carbocycles. The molecule has 0 atom stereocenters. The second-order valence-electron chi connectivity index (χ2n) is 3.88. The second-order valence-corrected chi connectivity index (χ2v) is 3.88. The third-order valence-electron chi connectivity index (χ3n) is 2.71. The summed E-state index contributed by atoms with van der Waals surface area (Å²) in [6.07, 6.45) is 2.23. The van der Waals surface area contributed by atoms with E-state index in [1.54, 1.807) is 6.07 Å². The van der Waals surface area contributed by atoms with E-state index in [-0.39, 0.29) is 0 Å². The van der Waals surface area contributed by atoms with Crippen molar-refractivity contribution >= 4 is 22.9 Å². The first-order chi connectivity index (χ1) is 8.67. The number of benzene rings is 1. The van der Waals surface area contributed by atoms with Gasteiger partial charge in [-0.2, -0.15) is 0 Å². The average Bonchev–Trinajstić information content (AvgIpc) is 2.38.